The van der Waals surface area contributed by atoms with E-state index < -0.39 is 35.8 Å². The number of nitrogens with zero attached hydrogens (tertiary/aromatic N) is 3. The minimum atomic E-state index is -4.61. The number of imidazole rings is 1. The number of nitrogens with one attached hydrogen (secondary N) is 2. The number of rotatable bonds is 7. The van der Waals surface area contributed by atoms with Crippen LogP contribution in [0.3, 0.4) is 0 Å². The average Bonchev–Trinajstić information content (AvgIpc) is 3.43. The van der Waals surface area contributed by atoms with Crippen LogP contribution in [0.4, 0.5) is 13.2 Å². The highest BCUT2D eigenvalue weighted by atomic mass is 19.4. The summed E-state index contributed by atoms with van der Waals surface area (Å²) in [7, 11) is 0. The van der Waals surface area contributed by atoms with E-state index >= 15 is 0 Å². The number of hydroxylamine groups is 2. The molecule has 192 valence electrons. The summed E-state index contributed by atoms with van der Waals surface area (Å²) in [5, 5.41) is 16.6. The van der Waals surface area contributed by atoms with Gasteiger partial charge < -0.3 is 15.2 Å². The van der Waals surface area contributed by atoms with Gasteiger partial charge in [0, 0.05) is 25.2 Å². The number of alkyl halides is 3. The standard InChI is InChI=1S/C25H28F3N5O3/c1-15(2)13-33(36)23(35)18-11-29-12-20(18)30-22(34)17-9-7-16(8-10-17)14-32-21-6-4-3-5-19(21)31-24(32)25(26,27)28/h3-10,15,18,20,29,36H,11-14H2,1-2H3,(H,30,34)/t18-,20+/m0/s1. The molecule has 2 amide bonds. The molecule has 0 unspecified atom stereocenters. The van der Waals surface area contributed by atoms with Crippen molar-refractivity contribution >= 4 is 22.8 Å². The fraction of sp³-hybridized carbons (Fsp3) is 0.400. The molecule has 11 heteroatoms. The number of amides is 2. The normalized spacial score (nSPS) is 18.1. The van der Waals surface area contributed by atoms with Gasteiger partial charge >= 0.3 is 6.18 Å². The lowest BCUT2D eigenvalue weighted by Crippen LogP contribution is -2.47. The Morgan fingerprint density at radius 1 is 1.17 bits per heavy atom. The Morgan fingerprint density at radius 3 is 2.53 bits per heavy atom. The van der Waals surface area contributed by atoms with Gasteiger partial charge in [0.05, 0.1) is 29.5 Å². The topological polar surface area (TPSA) is 99.5 Å². The third-order valence-corrected chi connectivity index (χ3v) is 6.11. The molecular weight excluding hydrogens is 475 g/mol. The van der Waals surface area contributed by atoms with Gasteiger partial charge in [-0.05, 0) is 35.7 Å². The number of benzene rings is 2. The van der Waals surface area contributed by atoms with Crippen LogP contribution >= 0.6 is 0 Å². The molecule has 1 aromatic heterocycles. The Balaban J connectivity index is 1.46. The third-order valence-electron chi connectivity index (χ3n) is 6.11. The van der Waals surface area contributed by atoms with Gasteiger partial charge in [0.25, 0.3) is 11.8 Å². The van der Waals surface area contributed by atoms with E-state index in [0.717, 1.165) is 4.57 Å². The van der Waals surface area contributed by atoms with Gasteiger partial charge in [-0.15, -0.1) is 0 Å². The first-order chi connectivity index (χ1) is 17.0. The van der Waals surface area contributed by atoms with E-state index in [0.29, 0.717) is 34.8 Å². The number of para-hydroxylation sites is 2. The Morgan fingerprint density at radius 2 is 1.86 bits per heavy atom. The van der Waals surface area contributed by atoms with Crippen LogP contribution in [-0.4, -0.2) is 57.3 Å². The molecule has 1 aliphatic heterocycles. The van der Waals surface area contributed by atoms with E-state index in [-0.39, 0.29) is 24.5 Å². The first-order valence-corrected chi connectivity index (χ1v) is 11.7. The molecule has 36 heavy (non-hydrogen) atoms. The number of aromatic nitrogens is 2. The van der Waals surface area contributed by atoms with Gasteiger partial charge in [-0.3, -0.25) is 14.8 Å². The van der Waals surface area contributed by atoms with Crippen molar-refractivity contribution in [2.45, 2.75) is 32.6 Å². The molecular formula is C25H28F3N5O3. The largest absolute Gasteiger partial charge is 0.449 e. The second-order valence-electron chi connectivity index (χ2n) is 9.36. The Bertz CT molecular complexity index is 1240. The van der Waals surface area contributed by atoms with Crippen molar-refractivity contribution in [3.05, 3.63) is 65.5 Å². The Kier molecular flexibility index (Phi) is 7.32. The molecule has 1 fully saturated rings. The maximum absolute atomic E-state index is 13.6. The summed E-state index contributed by atoms with van der Waals surface area (Å²) in [4.78, 5) is 29.2. The van der Waals surface area contributed by atoms with E-state index in [4.69, 9.17) is 0 Å². The van der Waals surface area contributed by atoms with Gasteiger partial charge in [0.1, 0.15) is 0 Å². The monoisotopic (exact) mass is 503 g/mol. The molecule has 0 saturated carbocycles. The van der Waals surface area contributed by atoms with Gasteiger partial charge in [0.15, 0.2) is 0 Å². The predicted molar refractivity (Wildman–Crippen MR) is 126 cm³/mol. The van der Waals surface area contributed by atoms with Crippen LogP contribution in [0.2, 0.25) is 0 Å². The zero-order valence-corrected chi connectivity index (χ0v) is 19.9. The third kappa shape index (κ3) is 5.52. The van der Waals surface area contributed by atoms with Crippen molar-refractivity contribution in [3.8, 4) is 0 Å². The minimum Gasteiger partial charge on any atom is -0.347 e. The average molecular weight is 504 g/mol. The molecule has 3 N–H and O–H groups in total. The van der Waals surface area contributed by atoms with Gasteiger partial charge in [-0.2, -0.15) is 13.2 Å². The lowest BCUT2D eigenvalue weighted by molar-refractivity contribution is -0.172. The van der Waals surface area contributed by atoms with Gasteiger partial charge in [0.2, 0.25) is 5.82 Å². The van der Waals surface area contributed by atoms with E-state index in [1.54, 1.807) is 30.3 Å². The van der Waals surface area contributed by atoms with Crippen molar-refractivity contribution < 1.29 is 28.0 Å². The Labute approximate surface area is 206 Å². The van der Waals surface area contributed by atoms with Gasteiger partial charge in [-0.25, -0.2) is 10.0 Å². The summed E-state index contributed by atoms with van der Waals surface area (Å²) in [5.41, 5.74) is 1.50. The van der Waals surface area contributed by atoms with Crippen molar-refractivity contribution in [2.75, 3.05) is 19.6 Å². The highest BCUT2D eigenvalue weighted by Gasteiger charge is 2.38. The second kappa shape index (κ2) is 10.3. The Hall–Kier alpha value is -3.44. The van der Waals surface area contributed by atoms with E-state index in [1.807, 2.05) is 13.8 Å². The highest BCUT2D eigenvalue weighted by Crippen LogP contribution is 2.32. The van der Waals surface area contributed by atoms with Crippen LogP contribution < -0.4 is 10.6 Å². The summed E-state index contributed by atoms with van der Waals surface area (Å²) in [5.74, 6) is -2.36. The van der Waals surface area contributed by atoms with E-state index in [9.17, 15) is 28.0 Å². The molecule has 0 bridgehead atoms. The van der Waals surface area contributed by atoms with Crippen LogP contribution in [0.25, 0.3) is 11.0 Å². The number of hydrogen-bond acceptors (Lipinski definition) is 5. The number of fused-ring (bicyclic) bond motifs is 1. The first kappa shape index (κ1) is 25.6. The van der Waals surface area contributed by atoms with Crippen LogP contribution in [0.5, 0.6) is 0 Å². The lowest BCUT2D eigenvalue weighted by atomic mass is 10.0. The lowest BCUT2D eigenvalue weighted by Gasteiger charge is -2.24. The summed E-state index contributed by atoms with van der Waals surface area (Å²) >= 11 is 0. The van der Waals surface area contributed by atoms with E-state index in [2.05, 4.69) is 15.6 Å². The van der Waals surface area contributed by atoms with Crippen LogP contribution in [-0.2, 0) is 17.5 Å². The molecule has 1 aliphatic rings. The SMILES string of the molecule is CC(C)CN(O)C(=O)[C@H]1CNC[C@H]1NC(=O)c1ccc(Cn2c(C(F)(F)F)nc3ccccc32)cc1. The zero-order valence-electron chi connectivity index (χ0n) is 19.9. The first-order valence-electron chi connectivity index (χ1n) is 11.7. The summed E-state index contributed by atoms with van der Waals surface area (Å²) in [6.07, 6.45) is -4.61. The smallest absolute Gasteiger partial charge is 0.347 e. The van der Waals surface area contributed by atoms with Crippen LogP contribution in [0.1, 0.15) is 35.6 Å². The number of halogens is 3. The maximum atomic E-state index is 13.6. The summed E-state index contributed by atoms with van der Waals surface area (Å²) < 4.78 is 41.8. The quantitative estimate of drug-likeness (QED) is 0.340. The second-order valence-corrected chi connectivity index (χ2v) is 9.36. The molecule has 2 heterocycles. The van der Waals surface area contributed by atoms with Crippen LogP contribution in [0, 0.1) is 11.8 Å². The molecule has 3 aromatic rings. The molecule has 8 nitrogen and oxygen atoms in total. The molecule has 2 atom stereocenters. The molecule has 0 aliphatic carbocycles. The van der Waals surface area contributed by atoms with Crippen LogP contribution in [0.15, 0.2) is 48.5 Å². The summed E-state index contributed by atoms with van der Waals surface area (Å²) in [6, 6.07) is 12.2. The molecule has 0 radical (unpaired) electrons. The maximum Gasteiger partial charge on any atom is 0.449 e. The molecule has 2 aromatic carbocycles. The molecule has 4 rings (SSSR count). The van der Waals surface area contributed by atoms with Gasteiger partial charge in [-0.1, -0.05) is 38.1 Å². The zero-order chi connectivity index (χ0) is 26.0. The van der Waals surface area contributed by atoms with E-state index in [1.165, 1.54) is 18.2 Å². The number of hydrogen-bond donors (Lipinski definition) is 3. The predicted octanol–water partition coefficient (Wildman–Crippen LogP) is 3.30. The molecule has 1 saturated heterocycles. The van der Waals surface area contributed by atoms with Crippen molar-refractivity contribution in [2.24, 2.45) is 11.8 Å². The van der Waals surface area contributed by atoms with Crippen molar-refractivity contribution in [1.82, 2.24) is 25.2 Å². The number of carbonyl (C=O) groups is 2. The number of carbonyl (C=O) groups excluding carboxylic acids is 2. The van der Waals surface area contributed by atoms with Crippen molar-refractivity contribution in [3.63, 3.8) is 0 Å². The minimum absolute atomic E-state index is 0.0669. The fourth-order valence-electron chi connectivity index (χ4n) is 4.36. The van der Waals surface area contributed by atoms with Crippen molar-refractivity contribution in [1.29, 1.82) is 0 Å². The highest BCUT2D eigenvalue weighted by molar-refractivity contribution is 5.95. The summed E-state index contributed by atoms with van der Waals surface area (Å²) in [6.45, 7) is 4.60. The fourth-order valence-corrected chi connectivity index (χ4v) is 4.36. The molecule has 0 spiro atoms.